The molecule has 0 spiro atoms. The van der Waals surface area contributed by atoms with Gasteiger partial charge in [-0.15, -0.1) is 0 Å². The van der Waals surface area contributed by atoms with Gasteiger partial charge in [-0.1, -0.05) is 178 Å². The number of phosphoric acid groups is 1. The molecule has 0 aliphatic heterocycles. The molecule has 0 aromatic carbocycles. The number of hydrogen-bond donors (Lipinski definition) is 0. The number of ether oxygens (including phenoxy) is 2. The van der Waals surface area contributed by atoms with Crippen LogP contribution in [0.4, 0.5) is 0 Å². The smallest absolute Gasteiger partial charge is 0.306 e. The molecule has 0 fully saturated rings. The molecule has 338 valence electrons. The van der Waals surface area contributed by atoms with E-state index >= 15 is 0 Å². The molecule has 0 N–H and O–H groups in total. The van der Waals surface area contributed by atoms with Gasteiger partial charge in [0.1, 0.15) is 19.8 Å². The highest BCUT2D eigenvalue weighted by Gasteiger charge is 2.21. The summed E-state index contributed by atoms with van der Waals surface area (Å²) in [5.41, 5.74) is 0. The largest absolute Gasteiger partial charge is 0.756 e. The van der Waals surface area contributed by atoms with Crippen molar-refractivity contribution in [1.82, 2.24) is 0 Å². The van der Waals surface area contributed by atoms with Crippen molar-refractivity contribution in [1.29, 1.82) is 0 Å². The first-order valence-electron chi connectivity index (χ1n) is 23.3. The number of hydrogen-bond acceptors (Lipinski definition) is 8. The van der Waals surface area contributed by atoms with Crippen molar-refractivity contribution < 1.29 is 42.1 Å². The van der Waals surface area contributed by atoms with Crippen molar-refractivity contribution >= 4 is 19.8 Å². The number of carbonyl (C=O) groups excluding carboxylic acids is 2. The quantitative estimate of drug-likeness (QED) is 0.0196. The second kappa shape index (κ2) is 40.4. The van der Waals surface area contributed by atoms with E-state index in [0.29, 0.717) is 17.4 Å². The summed E-state index contributed by atoms with van der Waals surface area (Å²) in [6.07, 6.45) is 47.2. The lowest BCUT2D eigenvalue weighted by atomic mass is 10.0. The summed E-state index contributed by atoms with van der Waals surface area (Å²) in [7, 11) is 1.14. The van der Waals surface area contributed by atoms with Crippen LogP contribution in [0.1, 0.15) is 194 Å². The third-order valence-electron chi connectivity index (χ3n) is 9.86. The maximum atomic E-state index is 12.7. The Morgan fingerprint density at radius 2 is 0.983 bits per heavy atom. The second-order valence-electron chi connectivity index (χ2n) is 16.7. The Hall–Kier alpha value is -2.03. The summed E-state index contributed by atoms with van der Waals surface area (Å²) in [4.78, 5) is 37.6. The molecule has 0 aliphatic rings. The summed E-state index contributed by atoms with van der Waals surface area (Å²) < 4.78 is 33.9. The fraction of sp³-hybridized carbons (Fsp3) is 0.792. The lowest BCUT2D eigenvalue weighted by Gasteiger charge is -2.28. The van der Waals surface area contributed by atoms with Crippen LogP contribution in [0.3, 0.4) is 0 Å². The topological polar surface area (TPSA) is 111 Å². The van der Waals surface area contributed by atoms with Crippen LogP contribution in [0.25, 0.3) is 0 Å². The molecule has 0 bridgehead atoms. The Kier molecular flexibility index (Phi) is 39.0. The van der Waals surface area contributed by atoms with Crippen LogP contribution in [-0.2, 0) is 32.7 Å². The van der Waals surface area contributed by atoms with Gasteiger partial charge in [0.15, 0.2) is 6.10 Å². The molecule has 0 amide bonds. The van der Waals surface area contributed by atoms with Crippen LogP contribution in [0, 0.1) is 0 Å². The first-order valence-corrected chi connectivity index (χ1v) is 24.8. The van der Waals surface area contributed by atoms with Crippen LogP contribution < -0.4 is 4.89 Å². The minimum absolute atomic E-state index is 0.0393. The third-order valence-corrected chi connectivity index (χ3v) is 10.8. The molecule has 2 atom stereocenters. The Morgan fingerprint density at radius 3 is 1.47 bits per heavy atom. The summed E-state index contributed by atoms with van der Waals surface area (Å²) >= 11 is 0. The first-order chi connectivity index (χ1) is 28.0. The molecule has 0 saturated carbocycles. The van der Waals surface area contributed by atoms with E-state index in [1.54, 1.807) is 0 Å². The standard InChI is InChI=1S/C48H88NO8P/c1-6-8-10-12-14-16-18-20-22-23-24-25-27-28-30-32-34-36-38-40-47(50)54-44-46(45-56-58(52,53)55-43-42-49(3,4)5)57-48(51)41-39-37-35-33-31-29-26-21-19-17-15-13-11-9-7-2/h9,11,15,17,21,26,31,33,46H,6-8,10,12-14,16,18-20,22-25,27-30,32,34-45H2,1-5H3/b11-9-,17-15-,26-21-,33-31-/t46-/m1/s1. The van der Waals surface area contributed by atoms with Gasteiger partial charge in [0.2, 0.25) is 0 Å². The molecule has 0 rings (SSSR count). The average Bonchev–Trinajstić information content (AvgIpc) is 3.17. The predicted molar refractivity (Wildman–Crippen MR) is 240 cm³/mol. The van der Waals surface area contributed by atoms with Crippen molar-refractivity contribution in [2.24, 2.45) is 0 Å². The molecule has 0 aromatic heterocycles. The molecule has 0 saturated heterocycles. The van der Waals surface area contributed by atoms with Crippen LogP contribution in [0.15, 0.2) is 48.6 Å². The van der Waals surface area contributed by atoms with Gasteiger partial charge in [0.25, 0.3) is 7.82 Å². The highest BCUT2D eigenvalue weighted by atomic mass is 31.2. The van der Waals surface area contributed by atoms with E-state index < -0.39 is 32.5 Å². The van der Waals surface area contributed by atoms with Crippen molar-refractivity contribution in [2.75, 3.05) is 47.5 Å². The van der Waals surface area contributed by atoms with Crippen molar-refractivity contribution in [3.63, 3.8) is 0 Å². The van der Waals surface area contributed by atoms with E-state index in [4.69, 9.17) is 18.5 Å². The van der Waals surface area contributed by atoms with Crippen LogP contribution in [0.5, 0.6) is 0 Å². The molecule has 0 aromatic rings. The van der Waals surface area contributed by atoms with Gasteiger partial charge in [-0.3, -0.25) is 14.2 Å². The van der Waals surface area contributed by atoms with E-state index in [2.05, 4.69) is 62.5 Å². The lowest BCUT2D eigenvalue weighted by Crippen LogP contribution is -2.37. The summed E-state index contributed by atoms with van der Waals surface area (Å²) in [6, 6.07) is 0. The summed E-state index contributed by atoms with van der Waals surface area (Å²) in [5, 5.41) is 0. The average molecular weight is 838 g/mol. The maximum absolute atomic E-state index is 12.7. The number of nitrogens with zero attached hydrogens (tertiary/aromatic N) is 1. The SMILES string of the molecule is CC/C=C\C/C=C\C/C=C\C/C=C\CCCCC(=O)O[C@H](COC(=O)CCCCCCCCCCCCCCCCCCCCC)COP(=O)([O-])OCC[N+](C)(C)C. The minimum atomic E-state index is -4.64. The van der Waals surface area contributed by atoms with Crippen LogP contribution >= 0.6 is 7.82 Å². The Balaban J connectivity index is 4.33. The second-order valence-corrected chi connectivity index (χ2v) is 18.2. The zero-order valence-electron chi connectivity index (χ0n) is 38.0. The molecule has 1 unspecified atom stereocenters. The van der Waals surface area contributed by atoms with Gasteiger partial charge in [-0.2, -0.15) is 0 Å². The normalized spacial score (nSPS) is 14.0. The van der Waals surface area contributed by atoms with E-state index in [9.17, 15) is 19.0 Å². The minimum Gasteiger partial charge on any atom is -0.756 e. The van der Waals surface area contributed by atoms with E-state index in [1.807, 2.05) is 21.1 Å². The molecule has 0 aliphatic carbocycles. The number of likely N-dealkylation sites (N-methyl/N-ethyl adjacent to an activating group) is 1. The number of allylic oxidation sites excluding steroid dienone is 8. The van der Waals surface area contributed by atoms with E-state index in [0.717, 1.165) is 57.8 Å². The number of carbonyl (C=O) groups is 2. The van der Waals surface area contributed by atoms with Gasteiger partial charge < -0.3 is 27.9 Å². The number of quaternary nitrogens is 1. The molecule has 0 heterocycles. The van der Waals surface area contributed by atoms with Gasteiger partial charge in [-0.25, -0.2) is 0 Å². The number of esters is 2. The van der Waals surface area contributed by atoms with Gasteiger partial charge in [0, 0.05) is 12.8 Å². The number of rotatable bonds is 42. The van der Waals surface area contributed by atoms with Crippen molar-refractivity contribution in [2.45, 2.75) is 200 Å². The molecular formula is C48H88NO8P. The highest BCUT2D eigenvalue weighted by Crippen LogP contribution is 2.38. The molecule has 9 nitrogen and oxygen atoms in total. The fourth-order valence-corrected chi connectivity index (χ4v) is 6.96. The Morgan fingerprint density at radius 1 is 0.552 bits per heavy atom. The van der Waals surface area contributed by atoms with E-state index in [1.165, 1.54) is 103 Å². The highest BCUT2D eigenvalue weighted by molar-refractivity contribution is 7.45. The van der Waals surface area contributed by atoms with Gasteiger partial charge >= 0.3 is 11.9 Å². The zero-order chi connectivity index (χ0) is 42.8. The fourth-order valence-electron chi connectivity index (χ4n) is 6.23. The predicted octanol–water partition coefficient (Wildman–Crippen LogP) is 12.8. The molecule has 58 heavy (non-hydrogen) atoms. The summed E-state index contributed by atoms with van der Waals surface area (Å²) in [5.74, 6) is -0.879. The van der Waals surface area contributed by atoms with Crippen molar-refractivity contribution in [3.05, 3.63) is 48.6 Å². The molecular weight excluding hydrogens is 750 g/mol. The molecule has 10 heteroatoms. The maximum Gasteiger partial charge on any atom is 0.306 e. The monoisotopic (exact) mass is 838 g/mol. The molecule has 0 radical (unpaired) electrons. The van der Waals surface area contributed by atoms with E-state index in [-0.39, 0.29) is 26.1 Å². The number of phosphoric ester groups is 1. The zero-order valence-corrected chi connectivity index (χ0v) is 38.9. The lowest BCUT2D eigenvalue weighted by molar-refractivity contribution is -0.870. The first kappa shape index (κ1) is 56.0. The Labute approximate surface area is 356 Å². The van der Waals surface area contributed by atoms with Crippen molar-refractivity contribution in [3.8, 4) is 0 Å². The van der Waals surface area contributed by atoms with Crippen LogP contribution in [-0.4, -0.2) is 70.0 Å². The van der Waals surface area contributed by atoms with Gasteiger partial charge in [0.05, 0.1) is 27.7 Å². The van der Waals surface area contributed by atoms with Gasteiger partial charge in [-0.05, 0) is 51.4 Å². The Bertz CT molecular complexity index is 1130. The number of unbranched alkanes of at least 4 members (excludes halogenated alkanes) is 20. The third kappa shape index (κ3) is 43.5. The van der Waals surface area contributed by atoms with Crippen LogP contribution in [0.2, 0.25) is 0 Å². The summed E-state index contributed by atoms with van der Waals surface area (Å²) in [6.45, 7) is 4.08.